The van der Waals surface area contributed by atoms with E-state index in [1.165, 1.54) is 30.5 Å². The lowest BCUT2D eigenvalue weighted by Gasteiger charge is -2.28. The number of nitrogens with one attached hydrogen (secondary N) is 1. The summed E-state index contributed by atoms with van der Waals surface area (Å²) < 4.78 is 19.2. The van der Waals surface area contributed by atoms with Crippen molar-refractivity contribution < 1.29 is 13.6 Å². The topological polar surface area (TPSA) is 45.5 Å². The van der Waals surface area contributed by atoms with Crippen molar-refractivity contribution in [1.82, 2.24) is 10.2 Å². The highest BCUT2D eigenvalue weighted by Gasteiger charge is 2.25. The molecule has 1 aromatic heterocycles. The molecular weight excluding hydrogens is 343 g/mol. The Morgan fingerprint density at radius 1 is 1.19 bits per heavy atom. The van der Waals surface area contributed by atoms with Gasteiger partial charge in [-0.3, -0.25) is 9.69 Å². The standard InChI is InChI=1S/C22H23FN2O2/c1-15-18-13-17(23)9-10-20(18)27-21(15)22(26)24-14-19(25-11-5-6-12-25)16-7-3-2-4-8-16/h2-4,7-10,13,19H,5-6,11-12,14H2,1H3,(H,24,26)/t19-/m1/s1. The number of amides is 1. The number of aryl methyl sites for hydroxylation is 1. The van der Waals surface area contributed by atoms with Crippen molar-refractivity contribution in [2.45, 2.75) is 25.8 Å². The van der Waals surface area contributed by atoms with Gasteiger partial charge in [-0.25, -0.2) is 4.39 Å². The van der Waals surface area contributed by atoms with Gasteiger partial charge in [0, 0.05) is 17.5 Å². The summed E-state index contributed by atoms with van der Waals surface area (Å²) >= 11 is 0. The number of benzene rings is 2. The molecule has 0 aliphatic carbocycles. The van der Waals surface area contributed by atoms with Gasteiger partial charge in [-0.05, 0) is 56.6 Å². The third-order valence-corrected chi connectivity index (χ3v) is 5.33. The molecule has 5 heteroatoms. The van der Waals surface area contributed by atoms with E-state index in [-0.39, 0.29) is 23.5 Å². The highest BCUT2D eigenvalue weighted by Crippen LogP contribution is 2.27. The van der Waals surface area contributed by atoms with Crippen LogP contribution in [0, 0.1) is 12.7 Å². The third kappa shape index (κ3) is 3.60. The third-order valence-electron chi connectivity index (χ3n) is 5.33. The van der Waals surface area contributed by atoms with Crippen LogP contribution in [-0.4, -0.2) is 30.4 Å². The van der Waals surface area contributed by atoms with Gasteiger partial charge < -0.3 is 9.73 Å². The van der Waals surface area contributed by atoms with Crippen LogP contribution in [0.4, 0.5) is 4.39 Å². The van der Waals surface area contributed by atoms with Gasteiger partial charge in [0.05, 0.1) is 6.04 Å². The van der Waals surface area contributed by atoms with Crippen molar-refractivity contribution in [2.75, 3.05) is 19.6 Å². The molecule has 1 amide bonds. The lowest BCUT2D eigenvalue weighted by Crippen LogP contribution is -2.36. The number of likely N-dealkylation sites (tertiary alicyclic amines) is 1. The van der Waals surface area contributed by atoms with E-state index >= 15 is 0 Å². The molecule has 0 bridgehead atoms. The number of furan rings is 1. The highest BCUT2D eigenvalue weighted by molar-refractivity contribution is 5.98. The zero-order valence-electron chi connectivity index (χ0n) is 15.4. The van der Waals surface area contributed by atoms with Crippen LogP contribution < -0.4 is 5.32 Å². The minimum absolute atomic E-state index is 0.139. The summed E-state index contributed by atoms with van der Waals surface area (Å²) in [5, 5.41) is 3.66. The van der Waals surface area contributed by atoms with Crippen molar-refractivity contribution in [3.63, 3.8) is 0 Å². The Labute approximate surface area is 158 Å². The Morgan fingerprint density at radius 3 is 2.67 bits per heavy atom. The number of hydrogen-bond acceptors (Lipinski definition) is 3. The van der Waals surface area contributed by atoms with E-state index in [9.17, 15) is 9.18 Å². The van der Waals surface area contributed by atoms with Gasteiger partial charge in [0.25, 0.3) is 5.91 Å². The summed E-state index contributed by atoms with van der Waals surface area (Å²) in [7, 11) is 0. The fourth-order valence-corrected chi connectivity index (χ4v) is 3.87. The van der Waals surface area contributed by atoms with Crippen LogP contribution in [0.3, 0.4) is 0 Å². The van der Waals surface area contributed by atoms with Crippen molar-refractivity contribution >= 4 is 16.9 Å². The predicted octanol–water partition coefficient (Wildman–Crippen LogP) is 4.45. The Kier molecular flexibility index (Phi) is 4.94. The summed E-state index contributed by atoms with van der Waals surface area (Å²) in [5.74, 6) is -0.343. The van der Waals surface area contributed by atoms with Gasteiger partial charge in [0.2, 0.25) is 0 Å². The number of fused-ring (bicyclic) bond motifs is 1. The van der Waals surface area contributed by atoms with E-state index in [2.05, 4.69) is 22.3 Å². The Balaban J connectivity index is 1.54. The fraction of sp³-hybridized carbons (Fsp3) is 0.318. The molecule has 1 aliphatic heterocycles. The monoisotopic (exact) mass is 366 g/mol. The molecule has 2 aromatic carbocycles. The van der Waals surface area contributed by atoms with E-state index in [0.717, 1.165) is 13.1 Å². The second-order valence-electron chi connectivity index (χ2n) is 7.08. The van der Waals surface area contributed by atoms with Crippen LogP contribution in [-0.2, 0) is 0 Å². The van der Waals surface area contributed by atoms with Crippen LogP contribution in [0.15, 0.2) is 52.9 Å². The molecule has 27 heavy (non-hydrogen) atoms. The smallest absolute Gasteiger partial charge is 0.287 e. The first-order chi connectivity index (χ1) is 13.1. The molecule has 3 aromatic rings. The molecular formula is C22H23FN2O2. The van der Waals surface area contributed by atoms with Gasteiger partial charge in [0.15, 0.2) is 5.76 Å². The lowest BCUT2D eigenvalue weighted by molar-refractivity contribution is 0.0911. The first-order valence-electron chi connectivity index (χ1n) is 9.39. The molecule has 1 saturated heterocycles. The highest BCUT2D eigenvalue weighted by atomic mass is 19.1. The van der Waals surface area contributed by atoms with E-state index < -0.39 is 0 Å². The maximum absolute atomic E-state index is 13.5. The van der Waals surface area contributed by atoms with Crippen molar-refractivity contribution in [1.29, 1.82) is 0 Å². The van der Waals surface area contributed by atoms with E-state index in [0.29, 0.717) is 23.1 Å². The van der Waals surface area contributed by atoms with E-state index in [1.54, 1.807) is 13.0 Å². The number of hydrogen-bond donors (Lipinski definition) is 1. The number of nitrogens with zero attached hydrogens (tertiary/aromatic N) is 1. The second kappa shape index (κ2) is 7.53. The number of carbonyl (C=O) groups excluding carboxylic acids is 1. The number of carbonyl (C=O) groups is 1. The van der Waals surface area contributed by atoms with E-state index in [1.807, 2.05) is 18.2 Å². The molecule has 140 valence electrons. The molecule has 0 unspecified atom stereocenters. The normalized spacial score (nSPS) is 15.9. The Hall–Kier alpha value is -2.66. The minimum Gasteiger partial charge on any atom is -0.451 e. The average molecular weight is 366 g/mol. The lowest BCUT2D eigenvalue weighted by atomic mass is 10.1. The molecule has 4 rings (SSSR count). The van der Waals surface area contributed by atoms with E-state index in [4.69, 9.17) is 4.42 Å². The maximum atomic E-state index is 13.5. The van der Waals surface area contributed by atoms with Crippen LogP contribution in [0.2, 0.25) is 0 Å². The summed E-state index contributed by atoms with van der Waals surface area (Å²) in [6.07, 6.45) is 2.37. The molecule has 1 fully saturated rings. The summed E-state index contributed by atoms with van der Waals surface area (Å²) in [5.41, 5.74) is 2.39. The summed E-state index contributed by atoms with van der Waals surface area (Å²) in [6.45, 7) is 4.37. The van der Waals surface area contributed by atoms with Crippen LogP contribution in [0.5, 0.6) is 0 Å². The largest absolute Gasteiger partial charge is 0.451 e. The van der Waals surface area contributed by atoms with Gasteiger partial charge in [-0.15, -0.1) is 0 Å². The molecule has 4 nitrogen and oxygen atoms in total. The Morgan fingerprint density at radius 2 is 1.93 bits per heavy atom. The predicted molar refractivity (Wildman–Crippen MR) is 103 cm³/mol. The van der Waals surface area contributed by atoms with Crippen LogP contribution in [0.25, 0.3) is 11.0 Å². The van der Waals surface area contributed by atoms with Crippen LogP contribution >= 0.6 is 0 Å². The van der Waals surface area contributed by atoms with Crippen molar-refractivity contribution in [2.24, 2.45) is 0 Å². The van der Waals surface area contributed by atoms with Gasteiger partial charge >= 0.3 is 0 Å². The molecule has 2 heterocycles. The van der Waals surface area contributed by atoms with Gasteiger partial charge in [-0.1, -0.05) is 30.3 Å². The molecule has 0 radical (unpaired) electrons. The van der Waals surface area contributed by atoms with Crippen molar-refractivity contribution in [3.05, 3.63) is 71.2 Å². The van der Waals surface area contributed by atoms with Crippen molar-refractivity contribution in [3.8, 4) is 0 Å². The summed E-state index contributed by atoms with van der Waals surface area (Å²) in [6, 6.07) is 14.7. The van der Waals surface area contributed by atoms with Gasteiger partial charge in [0.1, 0.15) is 11.4 Å². The molecule has 1 aliphatic rings. The van der Waals surface area contributed by atoms with Crippen LogP contribution in [0.1, 0.15) is 40.6 Å². The molecule has 0 saturated carbocycles. The zero-order valence-corrected chi connectivity index (χ0v) is 15.4. The Bertz CT molecular complexity index is 946. The zero-order chi connectivity index (χ0) is 18.8. The first kappa shape index (κ1) is 17.7. The average Bonchev–Trinajstić information content (AvgIpc) is 3.32. The quantitative estimate of drug-likeness (QED) is 0.726. The SMILES string of the molecule is Cc1c(C(=O)NC[C@H](c2ccccc2)N2CCCC2)oc2ccc(F)cc12. The molecule has 1 N–H and O–H groups in total. The first-order valence-corrected chi connectivity index (χ1v) is 9.39. The fourth-order valence-electron chi connectivity index (χ4n) is 3.87. The maximum Gasteiger partial charge on any atom is 0.287 e. The molecule has 1 atom stereocenters. The summed E-state index contributed by atoms with van der Waals surface area (Å²) in [4.78, 5) is 15.2. The minimum atomic E-state index is -0.337. The number of rotatable bonds is 5. The number of halogens is 1. The molecule has 0 spiro atoms. The van der Waals surface area contributed by atoms with Gasteiger partial charge in [-0.2, -0.15) is 0 Å². The second-order valence-corrected chi connectivity index (χ2v) is 7.08.